The van der Waals surface area contributed by atoms with Crippen LogP contribution in [0.3, 0.4) is 0 Å². The maximum atomic E-state index is 3.83. The zero-order valence-electron chi connectivity index (χ0n) is 20.5. The molecule has 4 rings (SSSR count). The molecule has 3 aromatic carbocycles. The van der Waals surface area contributed by atoms with Crippen molar-refractivity contribution < 1.29 is 0 Å². The molecule has 3 aromatic rings. The molecule has 1 aliphatic heterocycles. The second-order valence-corrected chi connectivity index (χ2v) is 9.29. The van der Waals surface area contributed by atoms with Crippen molar-refractivity contribution in [3.8, 4) is 0 Å². The number of para-hydroxylation sites is 3. The van der Waals surface area contributed by atoms with Crippen LogP contribution in [0.4, 0.5) is 17.1 Å². The van der Waals surface area contributed by atoms with Crippen molar-refractivity contribution in [1.29, 1.82) is 0 Å². The summed E-state index contributed by atoms with van der Waals surface area (Å²) in [4.78, 5) is 6.67. The van der Waals surface area contributed by atoms with Crippen LogP contribution in [-0.4, -0.2) is 57.0 Å². The number of hydrogen-bond donors (Lipinski definition) is 3. The summed E-state index contributed by atoms with van der Waals surface area (Å²) in [7, 11) is 12.7. The Morgan fingerprint density at radius 2 is 0.667 bits per heavy atom. The highest BCUT2D eigenvalue weighted by Gasteiger charge is 2.27. The quantitative estimate of drug-likeness (QED) is 0.527. The van der Waals surface area contributed by atoms with E-state index in [1.165, 1.54) is 16.7 Å². The molecule has 174 valence electrons. The van der Waals surface area contributed by atoms with Crippen LogP contribution in [0, 0.1) is 0 Å². The second kappa shape index (κ2) is 9.83. The average molecular weight is 445 g/mol. The lowest BCUT2D eigenvalue weighted by Gasteiger charge is -2.37. The van der Waals surface area contributed by atoms with Crippen LogP contribution in [0.1, 0.15) is 35.2 Å². The van der Waals surface area contributed by atoms with Crippen LogP contribution in [0.2, 0.25) is 0 Å². The van der Waals surface area contributed by atoms with Crippen LogP contribution in [0.5, 0.6) is 0 Å². The summed E-state index contributed by atoms with van der Waals surface area (Å²) < 4.78 is 0. The summed E-state index contributed by atoms with van der Waals surface area (Å²) in [5.41, 5.74) is 6.95. The molecule has 3 N–H and O–H groups in total. The maximum absolute atomic E-state index is 3.83. The number of fused-ring (bicyclic) bond motifs is 3. The van der Waals surface area contributed by atoms with Gasteiger partial charge in [0, 0.05) is 33.8 Å². The van der Waals surface area contributed by atoms with E-state index in [0.717, 1.165) is 17.1 Å². The van der Waals surface area contributed by atoms with Gasteiger partial charge in [0.2, 0.25) is 0 Å². The number of anilines is 3. The molecule has 3 unspecified atom stereocenters. The topological polar surface area (TPSA) is 45.8 Å². The largest absolute Gasteiger partial charge is 0.365 e. The van der Waals surface area contributed by atoms with Crippen molar-refractivity contribution in [2.24, 2.45) is 0 Å². The van der Waals surface area contributed by atoms with E-state index in [2.05, 4.69) is 146 Å². The molecule has 6 heteroatoms. The summed E-state index contributed by atoms with van der Waals surface area (Å²) in [6.07, 6.45) is -0.0135. The Balaban J connectivity index is 1.97. The van der Waals surface area contributed by atoms with E-state index in [1.54, 1.807) is 0 Å². The van der Waals surface area contributed by atoms with Crippen molar-refractivity contribution >= 4 is 17.1 Å². The minimum Gasteiger partial charge on any atom is -0.365 e. The van der Waals surface area contributed by atoms with Gasteiger partial charge < -0.3 is 16.0 Å². The smallest absolute Gasteiger partial charge is 0.107 e. The molecule has 0 fully saturated rings. The highest BCUT2D eigenvalue weighted by molar-refractivity contribution is 5.63. The summed E-state index contributed by atoms with van der Waals surface area (Å²) in [5, 5.41) is 11.5. The average Bonchev–Trinajstić information content (AvgIpc) is 2.79. The maximum Gasteiger partial charge on any atom is 0.107 e. The number of rotatable bonds is 3. The highest BCUT2D eigenvalue weighted by atomic mass is 15.3. The van der Waals surface area contributed by atoms with Crippen molar-refractivity contribution in [2.45, 2.75) is 18.5 Å². The first-order chi connectivity index (χ1) is 15.9. The van der Waals surface area contributed by atoms with Crippen LogP contribution >= 0.6 is 0 Å². The van der Waals surface area contributed by atoms with Crippen LogP contribution < -0.4 is 16.0 Å². The van der Waals surface area contributed by atoms with Crippen molar-refractivity contribution in [3.63, 3.8) is 0 Å². The van der Waals surface area contributed by atoms with Gasteiger partial charge in [0.1, 0.15) is 18.5 Å². The molecule has 0 saturated heterocycles. The van der Waals surface area contributed by atoms with Crippen molar-refractivity contribution in [2.75, 3.05) is 58.2 Å². The summed E-state index contributed by atoms with van der Waals surface area (Å²) in [6, 6.07) is 25.7. The molecule has 0 aromatic heterocycles. The molecule has 0 spiro atoms. The molecule has 6 nitrogen and oxygen atoms in total. The molecule has 0 radical (unpaired) electrons. The standard InChI is InChI=1S/C27H36N6/c1-31(2)25-19-13-7-10-16-22(19)29-27(33(5)6)21-15-9-12-18-24(21)30-26(32(3)4)20-14-8-11-17-23(20)28-25/h7-18,25-30H,1-6H3. The Hall–Kier alpha value is -3.06. The third-order valence-corrected chi connectivity index (χ3v) is 6.19. The molecule has 0 saturated carbocycles. The molecule has 0 bridgehead atoms. The van der Waals surface area contributed by atoms with Gasteiger partial charge in [-0.3, -0.25) is 14.7 Å². The Morgan fingerprint density at radius 1 is 0.424 bits per heavy atom. The molecular weight excluding hydrogens is 408 g/mol. The summed E-state index contributed by atoms with van der Waals surface area (Å²) >= 11 is 0. The lowest BCUT2D eigenvalue weighted by atomic mass is 10.0. The SMILES string of the molecule is CN(C)C1Nc2ccccc2C(N(C)C)Nc2ccccc2C(N(C)C)Nc2ccccc21. The number of hydrogen-bond acceptors (Lipinski definition) is 6. The minimum absolute atomic E-state index is 0.00450. The first-order valence-corrected chi connectivity index (χ1v) is 11.4. The molecule has 0 aliphatic carbocycles. The van der Waals surface area contributed by atoms with Crippen LogP contribution in [0.25, 0.3) is 0 Å². The number of nitrogens with zero attached hydrogens (tertiary/aromatic N) is 3. The number of nitrogens with one attached hydrogen (secondary N) is 3. The highest BCUT2D eigenvalue weighted by Crippen LogP contribution is 2.37. The van der Waals surface area contributed by atoms with E-state index >= 15 is 0 Å². The first-order valence-electron chi connectivity index (χ1n) is 11.4. The predicted molar refractivity (Wildman–Crippen MR) is 139 cm³/mol. The van der Waals surface area contributed by atoms with E-state index < -0.39 is 0 Å². The van der Waals surface area contributed by atoms with Gasteiger partial charge in [0.05, 0.1) is 0 Å². The summed E-state index contributed by atoms with van der Waals surface area (Å²) in [6.45, 7) is 0. The van der Waals surface area contributed by atoms with Gasteiger partial charge in [-0.15, -0.1) is 0 Å². The lowest BCUT2D eigenvalue weighted by molar-refractivity contribution is 0.314. The Kier molecular flexibility index (Phi) is 6.88. The lowest BCUT2D eigenvalue weighted by Crippen LogP contribution is -2.34. The van der Waals surface area contributed by atoms with Gasteiger partial charge >= 0.3 is 0 Å². The Morgan fingerprint density at radius 3 is 0.909 bits per heavy atom. The molecule has 1 aliphatic rings. The van der Waals surface area contributed by atoms with Gasteiger partial charge in [-0.25, -0.2) is 0 Å². The summed E-state index contributed by atoms with van der Waals surface area (Å²) in [5.74, 6) is 0. The Bertz CT molecular complexity index is 941. The molecule has 1 heterocycles. The minimum atomic E-state index is -0.00450. The van der Waals surface area contributed by atoms with Gasteiger partial charge in [-0.2, -0.15) is 0 Å². The predicted octanol–water partition coefficient (Wildman–Crippen LogP) is 5.02. The number of benzene rings is 3. The fourth-order valence-electron chi connectivity index (χ4n) is 4.50. The first kappa shape index (κ1) is 23.1. The van der Waals surface area contributed by atoms with Crippen molar-refractivity contribution in [3.05, 3.63) is 89.5 Å². The van der Waals surface area contributed by atoms with E-state index in [0.29, 0.717) is 0 Å². The Labute approximate surface area is 198 Å². The van der Waals surface area contributed by atoms with E-state index in [4.69, 9.17) is 0 Å². The van der Waals surface area contributed by atoms with Gasteiger partial charge in [0.15, 0.2) is 0 Å². The monoisotopic (exact) mass is 444 g/mol. The van der Waals surface area contributed by atoms with E-state index in [1.807, 2.05) is 0 Å². The molecule has 33 heavy (non-hydrogen) atoms. The van der Waals surface area contributed by atoms with Crippen LogP contribution in [-0.2, 0) is 0 Å². The van der Waals surface area contributed by atoms with Crippen LogP contribution in [0.15, 0.2) is 72.8 Å². The normalized spacial score (nSPS) is 20.5. The zero-order valence-corrected chi connectivity index (χ0v) is 20.5. The van der Waals surface area contributed by atoms with Crippen molar-refractivity contribution in [1.82, 2.24) is 14.7 Å². The van der Waals surface area contributed by atoms with Gasteiger partial charge in [-0.1, -0.05) is 54.6 Å². The third-order valence-electron chi connectivity index (χ3n) is 6.19. The van der Waals surface area contributed by atoms with E-state index in [9.17, 15) is 0 Å². The third kappa shape index (κ3) is 4.83. The second-order valence-electron chi connectivity index (χ2n) is 9.29. The van der Waals surface area contributed by atoms with Gasteiger partial charge in [-0.05, 0) is 60.5 Å². The fourth-order valence-corrected chi connectivity index (χ4v) is 4.50. The molecule has 3 atom stereocenters. The molecular formula is C27H36N6. The molecule has 0 amide bonds. The van der Waals surface area contributed by atoms with Gasteiger partial charge in [0.25, 0.3) is 0 Å². The fraction of sp³-hybridized carbons (Fsp3) is 0.333. The zero-order chi connectivity index (χ0) is 23.5. The van der Waals surface area contributed by atoms with E-state index in [-0.39, 0.29) is 18.5 Å².